The van der Waals surface area contributed by atoms with E-state index in [1.807, 2.05) is 0 Å². The highest BCUT2D eigenvalue weighted by molar-refractivity contribution is 4.56. The Labute approximate surface area is 89.2 Å². The average Bonchev–Trinajstić information content (AvgIpc) is 2.71. The summed E-state index contributed by atoms with van der Waals surface area (Å²) < 4.78 is 0. The van der Waals surface area contributed by atoms with Crippen LogP contribution in [0.2, 0.25) is 0 Å². The summed E-state index contributed by atoms with van der Waals surface area (Å²) >= 11 is 0. The Morgan fingerprint density at radius 2 is 1.43 bits per heavy atom. The van der Waals surface area contributed by atoms with Crippen LogP contribution in [-0.4, -0.2) is 31.2 Å². The molecule has 0 atom stereocenters. The standard InChI is InChI=1S/C12H26N2/c1-3-5-9-13(10-6-4-2)14-11-7-8-12-14/h3-12H2,1-2H3/p+1. The zero-order valence-corrected chi connectivity index (χ0v) is 10.0. The number of hydrogen-bond acceptors (Lipinski definition) is 1. The zero-order chi connectivity index (χ0) is 10.2. The third-order valence-electron chi connectivity index (χ3n) is 3.19. The maximum absolute atomic E-state index is 2.66. The van der Waals surface area contributed by atoms with Gasteiger partial charge in [0.25, 0.3) is 0 Å². The summed E-state index contributed by atoms with van der Waals surface area (Å²) in [6, 6.07) is 0. The Kier molecular flexibility index (Phi) is 6.20. The molecule has 0 spiro atoms. The fourth-order valence-electron chi connectivity index (χ4n) is 2.24. The first-order valence-electron chi connectivity index (χ1n) is 6.48. The molecule has 0 saturated carbocycles. The quantitative estimate of drug-likeness (QED) is 0.652. The van der Waals surface area contributed by atoms with Crippen LogP contribution >= 0.6 is 0 Å². The molecule has 1 heterocycles. The van der Waals surface area contributed by atoms with Crippen LogP contribution in [0.1, 0.15) is 52.4 Å². The number of quaternary nitrogens is 1. The Balaban J connectivity index is 2.26. The molecule has 1 fully saturated rings. The van der Waals surface area contributed by atoms with Gasteiger partial charge < -0.3 is 0 Å². The molecule has 0 bridgehead atoms. The number of nitrogens with zero attached hydrogens (tertiary/aromatic N) is 1. The smallest absolute Gasteiger partial charge is 0.0947 e. The first kappa shape index (κ1) is 12.0. The fourth-order valence-corrected chi connectivity index (χ4v) is 2.24. The van der Waals surface area contributed by atoms with E-state index in [1.54, 1.807) is 5.01 Å². The maximum Gasteiger partial charge on any atom is 0.0947 e. The summed E-state index contributed by atoms with van der Waals surface area (Å²) in [4.78, 5) is 0. The minimum Gasteiger partial charge on any atom is -0.255 e. The van der Waals surface area contributed by atoms with Crippen LogP contribution in [0.4, 0.5) is 0 Å². The van der Waals surface area contributed by atoms with Gasteiger partial charge >= 0.3 is 0 Å². The second-order valence-corrected chi connectivity index (χ2v) is 4.47. The molecular weight excluding hydrogens is 172 g/mol. The van der Waals surface area contributed by atoms with Gasteiger partial charge in [-0.3, -0.25) is 5.01 Å². The van der Waals surface area contributed by atoms with Gasteiger partial charge in [0.15, 0.2) is 0 Å². The predicted octanol–water partition coefficient (Wildman–Crippen LogP) is 1.48. The van der Waals surface area contributed by atoms with E-state index < -0.39 is 0 Å². The molecule has 1 rings (SSSR count). The van der Waals surface area contributed by atoms with Crippen LogP contribution in [0.3, 0.4) is 0 Å². The van der Waals surface area contributed by atoms with E-state index >= 15 is 0 Å². The first-order chi connectivity index (χ1) is 6.88. The second-order valence-electron chi connectivity index (χ2n) is 4.47. The Morgan fingerprint density at radius 3 is 1.86 bits per heavy atom. The molecule has 1 N–H and O–H groups in total. The number of unbranched alkanes of at least 4 members (excludes halogenated alkanes) is 2. The third kappa shape index (κ3) is 3.97. The normalized spacial score (nSPS) is 18.2. The highest BCUT2D eigenvalue weighted by Gasteiger charge is 2.21. The first-order valence-corrected chi connectivity index (χ1v) is 6.48. The molecule has 1 saturated heterocycles. The summed E-state index contributed by atoms with van der Waals surface area (Å²) in [7, 11) is 0. The van der Waals surface area contributed by atoms with Crippen molar-refractivity contribution in [1.82, 2.24) is 5.01 Å². The van der Waals surface area contributed by atoms with Crippen molar-refractivity contribution in [3.05, 3.63) is 0 Å². The monoisotopic (exact) mass is 199 g/mol. The fraction of sp³-hybridized carbons (Fsp3) is 1.00. The average molecular weight is 199 g/mol. The van der Waals surface area contributed by atoms with E-state index in [2.05, 4.69) is 18.9 Å². The van der Waals surface area contributed by atoms with Gasteiger partial charge in [-0.1, -0.05) is 26.7 Å². The summed E-state index contributed by atoms with van der Waals surface area (Å²) in [5.41, 5.74) is 0. The van der Waals surface area contributed by atoms with E-state index in [0.717, 1.165) is 0 Å². The topological polar surface area (TPSA) is 7.68 Å². The van der Waals surface area contributed by atoms with E-state index in [4.69, 9.17) is 0 Å². The van der Waals surface area contributed by atoms with Crippen LogP contribution in [-0.2, 0) is 0 Å². The van der Waals surface area contributed by atoms with E-state index in [9.17, 15) is 0 Å². The molecule has 0 amide bonds. The molecule has 0 aliphatic carbocycles. The van der Waals surface area contributed by atoms with Gasteiger partial charge in [-0.05, 0) is 25.7 Å². The minimum atomic E-state index is 1.34. The lowest BCUT2D eigenvalue weighted by molar-refractivity contribution is -1.01. The van der Waals surface area contributed by atoms with Crippen LogP contribution in [0.5, 0.6) is 0 Å². The molecule has 0 aromatic heterocycles. The summed E-state index contributed by atoms with van der Waals surface area (Å²) in [6.07, 6.45) is 8.28. The number of rotatable bonds is 7. The second kappa shape index (κ2) is 7.24. The van der Waals surface area contributed by atoms with Crippen molar-refractivity contribution in [3.8, 4) is 0 Å². The molecule has 0 unspecified atom stereocenters. The molecule has 84 valence electrons. The predicted molar refractivity (Wildman–Crippen MR) is 61.3 cm³/mol. The number of nitrogens with one attached hydrogen (secondary N) is 1. The van der Waals surface area contributed by atoms with Crippen molar-refractivity contribution in [2.75, 3.05) is 26.2 Å². The van der Waals surface area contributed by atoms with Crippen LogP contribution in [0, 0.1) is 0 Å². The SMILES string of the molecule is CCCC[NH+](CCCC)N1CCCC1. The minimum absolute atomic E-state index is 1.34. The molecule has 2 nitrogen and oxygen atoms in total. The van der Waals surface area contributed by atoms with Gasteiger partial charge in [0, 0.05) is 13.1 Å². The largest absolute Gasteiger partial charge is 0.255 e. The zero-order valence-electron chi connectivity index (χ0n) is 10.0. The van der Waals surface area contributed by atoms with Crippen molar-refractivity contribution in [3.63, 3.8) is 0 Å². The van der Waals surface area contributed by atoms with Gasteiger partial charge in [-0.2, -0.15) is 5.01 Å². The van der Waals surface area contributed by atoms with Gasteiger partial charge in [-0.25, -0.2) is 0 Å². The number of hydrogen-bond donors (Lipinski definition) is 1. The third-order valence-corrected chi connectivity index (χ3v) is 3.19. The van der Waals surface area contributed by atoms with Crippen LogP contribution in [0.25, 0.3) is 0 Å². The lowest BCUT2D eigenvalue weighted by atomic mass is 10.3. The lowest BCUT2D eigenvalue weighted by Crippen LogP contribution is -3.18. The van der Waals surface area contributed by atoms with Gasteiger partial charge in [0.05, 0.1) is 13.1 Å². The summed E-state index contributed by atoms with van der Waals surface area (Å²) in [5, 5.41) is 4.41. The molecule has 0 aromatic rings. The van der Waals surface area contributed by atoms with Crippen LogP contribution < -0.4 is 5.01 Å². The van der Waals surface area contributed by atoms with Gasteiger partial charge in [0.1, 0.15) is 0 Å². The van der Waals surface area contributed by atoms with Crippen molar-refractivity contribution in [1.29, 1.82) is 0 Å². The maximum atomic E-state index is 2.66. The van der Waals surface area contributed by atoms with Crippen molar-refractivity contribution in [2.24, 2.45) is 0 Å². The molecule has 14 heavy (non-hydrogen) atoms. The van der Waals surface area contributed by atoms with Gasteiger partial charge in [-0.15, -0.1) is 0 Å². The van der Waals surface area contributed by atoms with E-state index in [1.165, 1.54) is 64.7 Å². The molecule has 1 aliphatic heterocycles. The highest BCUT2D eigenvalue weighted by Crippen LogP contribution is 2.01. The highest BCUT2D eigenvalue weighted by atomic mass is 15.6. The van der Waals surface area contributed by atoms with Gasteiger partial charge in [0.2, 0.25) is 0 Å². The molecule has 2 heteroatoms. The van der Waals surface area contributed by atoms with Crippen LogP contribution in [0.15, 0.2) is 0 Å². The Bertz CT molecular complexity index is 122. The Morgan fingerprint density at radius 1 is 0.929 bits per heavy atom. The van der Waals surface area contributed by atoms with Crippen molar-refractivity contribution in [2.45, 2.75) is 52.4 Å². The Hall–Kier alpha value is -0.0800. The lowest BCUT2D eigenvalue weighted by Gasteiger charge is -2.27. The summed E-state index contributed by atoms with van der Waals surface area (Å²) in [6.45, 7) is 9.97. The molecule has 0 aromatic carbocycles. The van der Waals surface area contributed by atoms with Crippen molar-refractivity contribution >= 4 is 0 Å². The van der Waals surface area contributed by atoms with E-state index in [-0.39, 0.29) is 0 Å². The summed E-state index contributed by atoms with van der Waals surface area (Å²) in [5.74, 6) is 0. The molecule has 0 radical (unpaired) electrons. The molecular formula is C12H27N2+. The van der Waals surface area contributed by atoms with E-state index in [0.29, 0.717) is 0 Å². The molecule has 1 aliphatic rings. The van der Waals surface area contributed by atoms with Crippen molar-refractivity contribution < 1.29 is 5.01 Å².